The first-order chi connectivity index (χ1) is 25.3. The number of fused-ring (bicyclic) bond motifs is 4. The number of amides is 2. The largest absolute Gasteiger partial charge is 0.490 e. The van der Waals surface area contributed by atoms with Gasteiger partial charge >= 0.3 is 0 Å². The van der Waals surface area contributed by atoms with Gasteiger partial charge < -0.3 is 19.6 Å². The molecule has 1 unspecified atom stereocenters. The highest BCUT2D eigenvalue weighted by molar-refractivity contribution is 7.99. The SMILES string of the molecule is C=S1(=O)NC(=O)c2ccc3c(c2)N(C[C@@H]2CC[C@H]2[C@@](O)(CN2CCN(CC#CC)C(=O)C2)CCC[C@H](C)[C@H]1C)C[C@@]1(CCCc2cc(Cl)ccc21)CO3. The number of β-amino-alcohol motifs (C(OH)–C–C–N with tert-alkyl or cyclic N) is 1. The van der Waals surface area contributed by atoms with E-state index in [1.165, 1.54) is 11.1 Å². The van der Waals surface area contributed by atoms with Crippen molar-refractivity contribution in [3.63, 3.8) is 0 Å². The van der Waals surface area contributed by atoms with E-state index in [1.54, 1.807) is 17.9 Å². The minimum Gasteiger partial charge on any atom is -0.490 e. The Morgan fingerprint density at radius 3 is 2.68 bits per heavy atom. The number of carbonyl (C=O) groups is 2. The van der Waals surface area contributed by atoms with Crippen LogP contribution in [0.25, 0.3) is 0 Å². The number of hydrogen-bond donors (Lipinski definition) is 2. The average Bonchev–Trinajstić information content (AvgIpc) is 3.25. The molecule has 2 aromatic carbocycles. The first kappa shape index (κ1) is 38.1. The van der Waals surface area contributed by atoms with Gasteiger partial charge in [-0.2, -0.15) is 0 Å². The third-order valence-electron chi connectivity index (χ3n) is 13.1. The summed E-state index contributed by atoms with van der Waals surface area (Å²) in [6.07, 6.45) is 6.89. The molecular formula is C42H55ClN4O5S. The van der Waals surface area contributed by atoms with Crippen LogP contribution in [0.2, 0.25) is 5.02 Å². The molecule has 11 heteroatoms. The van der Waals surface area contributed by atoms with Gasteiger partial charge in [0.15, 0.2) is 0 Å². The molecule has 1 spiro atoms. The van der Waals surface area contributed by atoms with Crippen LogP contribution in [0.5, 0.6) is 5.75 Å². The van der Waals surface area contributed by atoms with Gasteiger partial charge in [-0.25, -0.2) is 4.21 Å². The second-order valence-corrected chi connectivity index (χ2v) is 19.4. The Hall–Kier alpha value is -3.23. The fourth-order valence-corrected chi connectivity index (χ4v) is 11.4. The van der Waals surface area contributed by atoms with E-state index in [2.05, 4.69) is 51.3 Å². The van der Waals surface area contributed by atoms with Gasteiger partial charge in [0.05, 0.1) is 40.7 Å². The molecule has 2 amide bonds. The van der Waals surface area contributed by atoms with Crippen LogP contribution in [-0.2, 0) is 26.3 Å². The van der Waals surface area contributed by atoms with Gasteiger partial charge in [0.25, 0.3) is 5.91 Å². The fraction of sp³-hybridized carbons (Fsp3) is 0.595. The molecule has 0 aromatic heterocycles. The smallest absolute Gasteiger partial charge is 0.262 e. The average molecular weight is 763 g/mol. The Bertz CT molecular complexity index is 1910. The number of anilines is 1. The minimum atomic E-state index is -2.99. The molecule has 2 aliphatic carbocycles. The second-order valence-electron chi connectivity index (χ2n) is 16.5. The molecule has 3 heterocycles. The molecule has 9 nitrogen and oxygen atoms in total. The number of nitrogens with one attached hydrogen (secondary N) is 1. The van der Waals surface area contributed by atoms with Crippen LogP contribution in [0, 0.1) is 29.6 Å². The summed E-state index contributed by atoms with van der Waals surface area (Å²) < 4.78 is 23.5. The van der Waals surface area contributed by atoms with E-state index in [0.29, 0.717) is 63.6 Å². The zero-order valence-electron chi connectivity index (χ0n) is 31.5. The van der Waals surface area contributed by atoms with Crippen LogP contribution in [0.4, 0.5) is 5.69 Å². The molecule has 5 aliphatic rings. The highest BCUT2D eigenvalue weighted by Crippen LogP contribution is 2.49. The number of ether oxygens (including phenoxy) is 1. The van der Waals surface area contributed by atoms with E-state index in [4.69, 9.17) is 16.3 Å². The number of halogens is 1. The molecule has 1 saturated heterocycles. The summed E-state index contributed by atoms with van der Waals surface area (Å²) in [5.74, 6) is 10.5. The predicted molar refractivity (Wildman–Crippen MR) is 213 cm³/mol. The molecule has 0 radical (unpaired) electrons. The third-order valence-corrected chi connectivity index (χ3v) is 15.6. The van der Waals surface area contributed by atoms with E-state index < -0.39 is 21.2 Å². The molecule has 1 saturated carbocycles. The molecule has 2 bridgehead atoms. The number of nitrogens with zero attached hydrogens (tertiary/aromatic N) is 3. The molecule has 2 N–H and O–H groups in total. The predicted octanol–water partition coefficient (Wildman–Crippen LogP) is 5.31. The molecule has 286 valence electrons. The van der Waals surface area contributed by atoms with Gasteiger partial charge in [-0.15, -0.1) is 5.92 Å². The van der Waals surface area contributed by atoms with E-state index in [0.717, 1.165) is 55.7 Å². The number of aliphatic hydroxyl groups is 1. The van der Waals surface area contributed by atoms with Crippen LogP contribution in [0.15, 0.2) is 36.4 Å². The first-order valence-corrected chi connectivity index (χ1v) is 21.6. The lowest BCUT2D eigenvalue weighted by Crippen LogP contribution is -2.60. The molecular weight excluding hydrogens is 708 g/mol. The normalized spacial score (nSPS) is 33.7. The number of piperazine rings is 1. The number of aryl methyl sites for hydroxylation is 1. The monoisotopic (exact) mass is 762 g/mol. The van der Waals surface area contributed by atoms with Crippen LogP contribution in [0.3, 0.4) is 0 Å². The van der Waals surface area contributed by atoms with Crippen molar-refractivity contribution >= 4 is 44.7 Å². The fourth-order valence-electron chi connectivity index (χ4n) is 9.69. The lowest BCUT2D eigenvalue weighted by Gasteiger charge is -2.52. The van der Waals surface area contributed by atoms with Gasteiger partial charge in [0.1, 0.15) is 5.75 Å². The van der Waals surface area contributed by atoms with Gasteiger partial charge in [0, 0.05) is 54.0 Å². The molecule has 7 rings (SSSR count). The zero-order chi connectivity index (χ0) is 37.5. The molecule has 2 aromatic rings. The zero-order valence-corrected chi connectivity index (χ0v) is 33.1. The van der Waals surface area contributed by atoms with Crippen molar-refractivity contribution in [3.05, 3.63) is 58.1 Å². The quantitative estimate of drug-likeness (QED) is 0.323. The Balaban J connectivity index is 1.25. The van der Waals surface area contributed by atoms with E-state index in [-0.39, 0.29) is 40.9 Å². The lowest BCUT2D eigenvalue weighted by atomic mass is 9.62. The highest BCUT2D eigenvalue weighted by atomic mass is 35.5. The Kier molecular flexibility index (Phi) is 10.9. The Labute approximate surface area is 320 Å². The van der Waals surface area contributed by atoms with E-state index >= 15 is 0 Å². The van der Waals surface area contributed by atoms with Gasteiger partial charge in [-0.1, -0.05) is 36.9 Å². The van der Waals surface area contributed by atoms with Crippen LogP contribution in [-0.4, -0.2) is 100 Å². The van der Waals surface area contributed by atoms with Gasteiger partial charge in [0.2, 0.25) is 5.91 Å². The maximum atomic E-state index is 14.0. The number of rotatable bonds is 3. The molecule has 53 heavy (non-hydrogen) atoms. The molecule has 7 atom stereocenters. The number of hydrogen-bond acceptors (Lipinski definition) is 7. The van der Waals surface area contributed by atoms with Crippen LogP contribution >= 0.6 is 11.6 Å². The van der Waals surface area contributed by atoms with Crippen molar-refractivity contribution < 1.29 is 23.6 Å². The Morgan fingerprint density at radius 2 is 1.92 bits per heavy atom. The summed E-state index contributed by atoms with van der Waals surface area (Å²) >= 11 is 6.49. The molecule has 2 fully saturated rings. The minimum absolute atomic E-state index is 0.000167. The summed E-state index contributed by atoms with van der Waals surface area (Å²) in [5.41, 5.74) is 2.49. The van der Waals surface area contributed by atoms with Crippen molar-refractivity contribution in [1.82, 2.24) is 14.5 Å². The standard InChI is InChI=1S/C42H55ClN4O5S/c1-5-6-19-46-21-20-45(25-39(46)48)27-42(50)18-7-9-29(2)30(3)53(4,51)44-40(49)32-12-16-38-37(23-32)47(24-33-11-14-36(33)42)26-41(28-52-38)17-8-10-31-22-34(43)13-15-35(31)41/h12-13,15-16,22-23,29-30,33,36,50H,4,7-11,14,17-21,24-28H2,1-3H3,(H,44,49,51)/t29-,30+,33-,36+,41-,42-,53?/m0/s1. The summed E-state index contributed by atoms with van der Waals surface area (Å²) in [7, 11) is -2.99. The van der Waals surface area contributed by atoms with Crippen LogP contribution < -0.4 is 14.4 Å². The van der Waals surface area contributed by atoms with Gasteiger partial charge in [-0.05, 0) is 124 Å². The van der Waals surface area contributed by atoms with Crippen molar-refractivity contribution in [2.75, 3.05) is 57.3 Å². The summed E-state index contributed by atoms with van der Waals surface area (Å²) in [5, 5.41) is 13.2. The highest BCUT2D eigenvalue weighted by Gasteiger charge is 2.50. The summed E-state index contributed by atoms with van der Waals surface area (Å²) in [6.45, 7) is 10.1. The number of benzene rings is 2. The van der Waals surface area contributed by atoms with E-state index in [1.807, 2.05) is 25.1 Å². The lowest BCUT2D eigenvalue weighted by molar-refractivity contribution is -0.141. The van der Waals surface area contributed by atoms with Crippen LogP contribution in [0.1, 0.15) is 87.2 Å². The summed E-state index contributed by atoms with van der Waals surface area (Å²) in [4.78, 5) is 33.3. The van der Waals surface area contributed by atoms with E-state index in [9.17, 15) is 18.9 Å². The first-order valence-electron chi connectivity index (χ1n) is 19.4. The molecule has 3 aliphatic heterocycles. The maximum Gasteiger partial charge on any atom is 0.262 e. The van der Waals surface area contributed by atoms with Gasteiger partial charge in [-0.3, -0.25) is 19.2 Å². The second kappa shape index (κ2) is 15.1. The summed E-state index contributed by atoms with van der Waals surface area (Å²) in [6, 6.07) is 11.8. The van der Waals surface area contributed by atoms with Crippen molar-refractivity contribution in [1.29, 1.82) is 0 Å². The maximum absolute atomic E-state index is 14.0. The number of carbonyl (C=O) groups excluding carboxylic acids is 2. The Morgan fingerprint density at radius 1 is 1.09 bits per heavy atom. The van der Waals surface area contributed by atoms with Crippen molar-refractivity contribution in [2.24, 2.45) is 17.8 Å². The van der Waals surface area contributed by atoms with Crippen molar-refractivity contribution in [2.45, 2.75) is 88.4 Å². The topological polar surface area (TPSA) is 102 Å². The van der Waals surface area contributed by atoms with Crippen molar-refractivity contribution in [3.8, 4) is 17.6 Å². The third kappa shape index (κ3) is 7.69.